The van der Waals surface area contributed by atoms with Crippen molar-refractivity contribution in [3.8, 4) is 0 Å². The van der Waals surface area contributed by atoms with Gasteiger partial charge in [0.2, 0.25) is 12.7 Å². The summed E-state index contributed by atoms with van der Waals surface area (Å²) in [6.45, 7) is 9.65. The Morgan fingerprint density at radius 2 is 0.950 bits per heavy atom. The van der Waals surface area contributed by atoms with Gasteiger partial charge in [0.05, 0.1) is 13.1 Å². The first-order valence-corrected chi connectivity index (χ1v) is 14.7. The van der Waals surface area contributed by atoms with Crippen molar-refractivity contribution in [3.63, 3.8) is 0 Å². The van der Waals surface area contributed by atoms with Crippen LogP contribution >= 0.6 is 0 Å². The van der Waals surface area contributed by atoms with E-state index in [-0.39, 0.29) is 0 Å². The molecular formula is C22H36F6N6O4S2. The number of H-pyrrole nitrogens is 2. The Hall–Kier alpha value is -2.70. The fourth-order valence-corrected chi connectivity index (χ4v) is 2.44. The topological polar surface area (TPSA) is 155 Å². The van der Waals surface area contributed by atoms with Gasteiger partial charge in [-0.3, -0.25) is 9.97 Å². The minimum Gasteiger partial charge on any atom is -0.556 e. The Morgan fingerprint density at radius 3 is 1.15 bits per heavy atom. The van der Waals surface area contributed by atoms with Crippen LogP contribution in [0.3, 0.4) is 0 Å². The maximum absolute atomic E-state index is 10.8. The molecule has 0 unspecified atom stereocenters. The zero-order chi connectivity index (χ0) is 31.3. The van der Waals surface area contributed by atoms with Crippen LogP contribution in [0.15, 0.2) is 62.8 Å². The fraction of sp³-hybridized carbons (Fsp3) is 0.545. The van der Waals surface area contributed by atoms with Crippen molar-refractivity contribution in [2.75, 3.05) is 0 Å². The van der Waals surface area contributed by atoms with Crippen LogP contribution in [0, 0.1) is 0 Å². The van der Waals surface area contributed by atoms with E-state index in [2.05, 4.69) is 44.7 Å². The van der Waals surface area contributed by atoms with E-state index in [1.165, 1.54) is 38.5 Å². The second-order valence-corrected chi connectivity index (χ2v) is 10.8. The third-order valence-electron chi connectivity index (χ3n) is 4.46. The highest BCUT2D eigenvalue weighted by Crippen LogP contribution is 2.23. The molecule has 0 spiro atoms. The number of hydrogen-bond donors (Lipinski definition) is 2. The molecule has 4 N–H and O–H groups in total. The summed E-state index contributed by atoms with van der Waals surface area (Å²) in [4.78, 5) is 6.06. The molecule has 0 amide bonds. The first-order chi connectivity index (χ1) is 18.4. The van der Waals surface area contributed by atoms with E-state index < -0.39 is 31.1 Å². The van der Waals surface area contributed by atoms with Gasteiger partial charge in [-0.05, 0) is 51.4 Å². The number of aryl methyl sites for hydroxylation is 2. The number of allylic oxidation sites excluding steroid dienone is 2. The molecular weight excluding hydrogens is 590 g/mol. The Kier molecular flexibility index (Phi) is 19.9. The van der Waals surface area contributed by atoms with Crippen molar-refractivity contribution in [1.29, 1.82) is 0 Å². The number of imidazole rings is 2. The minimum atomic E-state index is -5.59. The number of halogens is 6. The van der Waals surface area contributed by atoms with Gasteiger partial charge in [-0.1, -0.05) is 12.2 Å². The second-order valence-electron chi connectivity index (χ2n) is 7.87. The van der Waals surface area contributed by atoms with Crippen LogP contribution in [-0.4, -0.2) is 37.8 Å². The number of unbranched alkanes of at least 4 members (excludes halogenated alkanes) is 6. The molecule has 0 radical (unpaired) electrons. The Balaban J connectivity index is 0. The van der Waals surface area contributed by atoms with E-state index >= 15 is 0 Å². The van der Waals surface area contributed by atoms with Crippen molar-refractivity contribution < 1.29 is 52.3 Å². The fourth-order valence-electron chi connectivity index (χ4n) is 2.44. The standard InChI is InChI=1S/2C10H16N2.2CHF3NO2S/c2*1-2-3-4-5-6-8-12-9-7-11-10-12;2*2-1(3,4)8(5,6)7/h2*2,7,9-10H,1,3-6,8H2;2*(H-,5,6,7)/q;;2*-1/p+2. The van der Waals surface area contributed by atoms with Gasteiger partial charge in [0, 0.05) is 0 Å². The van der Waals surface area contributed by atoms with Gasteiger partial charge < -0.3 is 10.3 Å². The van der Waals surface area contributed by atoms with Gasteiger partial charge >= 0.3 is 11.0 Å². The molecule has 0 fully saturated rings. The van der Waals surface area contributed by atoms with Crippen LogP contribution in [0.2, 0.25) is 0 Å². The molecule has 40 heavy (non-hydrogen) atoms. The molecule has 0 aromatic carbocycles. The third-order valence-corrected chi connectivity index (χ3v) is 5.68. The molecule has 18 heteroatoms. The number of alkyl halides is 6. The number of aromatic amines is 2. The van der Waals surface area contributed by atoms with Crippen LogP contribution in [-0.2, 0) is 33.1 Å². The van der Waals surface area contributed by atoms with Gasteiger partial charge in [0.15, 0.2) is 20.0 Å². The predicted octanol–water partition coefficient (Wildman–Crippen LogP) is 5.87. The summed E-state index contributed by atoms with van der Waals surface area (Å²) in [5.74, 6) is 0. The average molecular weight is 627 g/mol. The maximum atomic E-state index is 10.8. The van der Waals surface area contributed by atoms with Crippen LogP contribution in [0.5, 0.6) is 0 Å². The van der Waals surface area contributed by atoms with E-state index in [4.69, 9.17) is 10.3 Å². The third kappa shape index (κ3) is 22.2. The zero-order valence-corrected chi connectivity index (χ0v) is 23.3. The lowest BCUT2D eigenvalue weighted by Gasteiger charge is -2.07. The molecule has 0 saturated heterocycles. The normalized spacial score (nSPS) is 11.6. The molecule has 0 aliphatic carbocycles. The predicted molar refractivity (Wildman–Crippen MR) is 138 cm³/mol. The van der Waals surface area contributed by atoms with Gasteiger partial charge in [0.25, 0.3) is 0 Å². The summed E-state index contributed by atoms with van der Waals surface area (Å²) in [5, 5.41) is 10.9. The lowest BCUT2D eigenvalue weighted by atomic mass is 10.2. The van der Waals surface area contributed by atoms with E-state index in [0.717, 1.165) is 25.9 Å². The number of nitrogens with one attached hydrogen (secondary N) is 4. The van der Waals surface area contributed by atoms with Gasteiger partial charge in [-0.2, -0.15) is 26.3 Å². The summed E-state index contributed by atoms with van der Waals surface area (Å²) in [6, 6.07) is 0. The van der Waals surface area contributed by atoms with E-state index in [0.29, 0.717) is 0 Å². The number of rotatable bonds is 12. The molecule has 10 nitrogen and oxygen atoms in total. The van der Waals surface area contributed by atoms with Crippen LogP contribution < -0.4 is 9.13 Å². The molecule has 2 aromatic heterocycles. The molecule has 0 aliphatic rings. The SMILES string of the molecule is C=CCCCCC[n+]1cc[nH]c1.C=CCCCCC[n+]1cc[nH]c1.[NH-]S(=O)(=O)C(F)(F)F.[NH-]S(=O)(=O)C(F)(F)F. The molecule has 0 saturated carbocycles. The Morgan fingerprint density at radius 1 is 0.650 bits per heavy atom. The largest absolute Gasteiger partial charge is 0.556 e. The van der Waals surface area contributed by atoms with E-state index in [1.807, 2.05) is 37.2 Å². The smallest absolute Gasteiger partial charge is 0.479 e. The molecule has 2 rings (SSSR count). The van der Waals surface area contributed by atoms with Crippen LogP contribution in [0.25, 0.3) is 10.3 Å². The highest BCUT2D eigenvalue weighted by Gasteiger charge is 2.37. The molecule has 232 valence electrons. The van der Waals surface area contributed by atoms with Crippen molar-refractivity contribution >= 4 is 20.0 Å². The van der Waals surface area contributed by atoms with Gasteiger partial charge in [0.1, 0.15) is 24.8 Å². The minimum absolute atomic E-state index is 1.13. The monoisotopic (exact) mass is 626 g/mol. The first-order valence-electron chi connectivity index (χ1n) is 11.7. The van der Waals surface area contributed by atoms with Crippen LogP contribution in [0.4, 0.5) is 26.3 Å². The molecule has 2 aromatic rings. The van der Waals surface area contributed by atoms with Crippen molar-refractivity contribution in [3.05, 3.63) is 73.0 Å². The highest BCUT2D eigenvalue weighted by atomic mass is 32.2. The number of aromatic nitrogens is 4. The van der Waals surface area contributed by atoms with E-state index in [1.54, 1.807) is 0 Å². The number of sulfonamides is 2. The number of hydrogen-bond acceptors (Lipinski definition) is 4. The lowest BCUT2D eigenvalue weighted by molar-refractivity contribution is -0.696. The summed E-state index contributed by atoms with van der Waals surface area (Å²) < 4.78 is 106. The molecule has 0 atom stereocenters. The summed E-state index contributed by atoms with van der Waals surface area (Å²) >= 11 is 0. The molecule has 2 heterocycles. The highest BCUT2D eigenvalue weighted by molar-refractivity contribution is 7.94. The van der Waals surface area contributed by atoms with Gasteiger partial charge in [-0.15, -0.1) is 13.2 Å². The quantitative estimate of drug-likeness (QED) is 0.131. The Bertz CT molecular complexity index is 1030. The molecule has 0 bridgehead atoms. The summed E-state index contributed by atoms with van der Waals surface area (Å²) in [7, 11) is -11.2. The van der Waals surface area contributed by atoms with Crippen molar-refractivity contribution in [2.24, 2.45) is 0 Å². The van der Waals surface area contributed by atoms with Crippen LogP contribution in [0.1, 0.15) is 51.4 Å². The number of nitrogens with zero attached hydrogens (tertiary/aromatic N) is 2. The van der Waals surface area contributed by atoms with Crippen molar-refractivity contribution in [2.45, 2.75) is 75.5 Å². The average Bonchev–Trinajstić information content (AvgIpc) is 3.52. The Labute approximate surface area is 230 Å². The maximum Gasteiger partial charge on any atom is 0.479 e. The van der Waals surface area contributed by atoms with E-state index in [9.17, 15) is 43.2 Å². The first kappa shape index (κ1) is 39.4. The van der Waals surface area contributed by atoms with Gasteiger partial charge in [-0.25, -0.2) is 26.0 Å². The lowest BCUT2D eigenvalue weighted by Crippen LogP contribution is -2.30. The second kappa shape index (κ2) is 20.2. The molecule has 0 aliphatic heterocycles. The zero-order valence-electron chi connectivity index (χ0n) is 21.7. The van der Waals surface area contributed by atoms with Crippen molar-refractivity contribution in [1.82, 2.24) is 9.97 Å². The summed E-state index contributed by atoms with van der Waals surface area (Å²) in [5.41, 5.74) is -10.8. The summed E-state index contributed by atoms with van der Waals surface area (Å²) in [6.07, 6.45) is 25.9.